The van der Waals surface area contributed by atoms with E-state index in [0.29, 0.717) is 5.56 Å². The summed E-state index contributed by atoms with van der Waals surface area (Å²) in [7, 11) is 1.64. The minimum atomic E-state index is -0.180. The van der Waals surface area contributed by atoms with Gasteiger partial charge in [0.25, 0.3) is 0 Å². The zero-order valence-corrected chi connectivity index (χ0v) is 13.5. The van der Waals surface area contributed by atoms with E-state index in [-0.39, 0.29) is 23.7 Å². The van der Waals surface area contributed by atoms with Crippen LogP contribution < -0.4 is 10.1 Å². The molecule has 118 valence electrons. The quantitative estimate of drug-likeness (QED) is 0.753. The first kappa shape index (κ1) is 14.6. The molecule has 1 heterocycles. The number of fused-ring (bicyclic) bond motifs is 3. The predicted molar refractivity (Wildman–Crippen MR) is 90.8 cm³/mol. The van der Waals surface area contributed by atoms with Crippen molar-refractivity contribution in [2.24, 2.45) is 5.92 Å². The molecule has 23 heavy (non-hydrogen) atoms. The third kappa shape index (κ3) is 2.22. The Balaban J connectivity index is 1.88. The maximum Gasteiger partial charge on any atom is 0.142 e. The number of rotatable bonds is 2. The highest BCUT2D eigenvalue weighted by molar-refractivity contribution is 6.32. The lowest BCUT2D eigenvalue weighted by molar-refractivity contribution is 0.392. The van der Waals surface area contributed by atoms with E-state index in [1.54, 1.807) is 13.2 Å². The predicted octanol–water partition coefficient (Wildman–Crippen LogP) is 5.31. The Morgan fingerprint density at radius 1 is 1.22 bits per heavy atom. The molecule has 4 rings (SSSR count). The van der Waals surface area contributed by atoms with Crippen molar-refractivity contribution in [3.8, 4) is 5.75 Å². The molecule has 0 saturated heterocycles. The Morgan fingerprint density at radius 3 is 2.83 bits per heavy atom. The number of hydrogen-bond acceptors (Lipinski definition) is 2. The summed E-state index contributed by atoms with van der Waals surface area (Å²) in [6.07, 6.45) is 5.25. The van der Waals surface area contributed by atoms with E-state index in [0.717, 1.165) is 28.4 Å². The van der Waals surface area contributed by atoms with E-state index < -0.39 is 0 Å². The van der Waals surface area contributed by atoms with Crippen molar-refractivity contribution in [3.05, 3.63) is 70.5 Å². The van der Waals surface area contributed by atoms with Gasteiger partial charge in [-0.25, -0.2) is 4.39 Å². The summed E-state index contributed by atoms with van der Waals surface area (Å²) < 4.78 is 19.8. The molecule has 0 radical (unpaired) electrons. The van der Waals surface area contributed by atoms with Crippen LogP contribution in [0.3, 0.4) is 0 Å². The van der Waals surface area contributed by atoms with Gasteiger partial charge in [0.2, 0.25) is 0 Å². The van der Waals surface area contributed by atoms with Gasteiger partial charge in [-0.2, -0.15) is 0 Å². The van der Waals surface area contributed by atoms with Gasteiger partial charge in [-0.3, -0.25) is 0 Å². The van der Waals surface area contributed by atoms with E-state index in [1.807, 2.05) is 24.3 Å². The molecular weight excluding hydrogens is 313 g/mol. The van der Waals surface area contributed by atoms with Gasteiger partial charge in [-0.1, -0.05) is 42.0 Å². The normalized spacial score (nSPS) is 24.7. The van der Waals surface area contributed by atoms with Crippen LogP contribution in [0, 0.1) is 11.7 Å². The Bertz CT molecular complexity index is 789. The standard InChI is InChI=1S/C19H17ClFNO/c1-23-16-10-9-14(20)17-11-6-4-7-12(11)18(22-19(16)17)13-5-2-3-8-15(13)21/h2-6,8-12,18,22H,7H2,1H3/t11-,12+,18-/m0/s1. The number of halogens is 2. The summed E-state index contributed by atoms with van der Waals surface area (Å²) in [6, 6.07) is 10.6. The van der Waals surface area contributed by atoms with Gasteiger partial charge in [0.15, 0.2) is 0 Å². The SMILES string of the molecule is COc1ccc(Cl)c2c1N[C@H](c1ccccc1F)[C@@H]1CC=C[C@H]21. The molecule has 1 N–H and O–H groups in total. The first-order chi connectivity index (χ1) is 11.2. The molecule has 1 aliphatic carbocycles. The van der Waals surface area contributed by atoms with Crippen molar-refractivity contribution >= 4 is 17.3 Å². The molecule has 2 aromatic rings. The number of nitrogens with one attached hydrogen (secondary N) is 1. The first-order valence-electron chi connectivity index (χ1n) is 7.74. The van der Waals surface area contributed by atoms with E-state index in [4.69, 9.17) is 16.3 Å². The van der Waals surface area contributed by atoms with Gasteiger partial charge in [0.05, 0.1) is 18.8 Å². The number of anilines is 1. The number of methoxy groups -OCH3 is 1. The topological polar surface area (TPSA) is 21.3 Å². The highest BCUT2D eigenvalue weighted by Crippen LogP contribution is 2.54. The second-order valence-corrected chi connectivity index (χ2v) is 6.44. The van der Waals surface area contributed by atoms with Crippen LogP contribution in [-0.2, 0) is 0 Å². The first-order valence-corrected chi connectivity index (χ1v) is 8.12. The van der Waals surface area contributed by atoms with Crippen molar-refractivity contribution in [2.45, 2.75) is 18.4 Å². The maximum atomic E-state index is 14.4. The van der Waals surface area contributed by atoms with Crippen molar-refractivity contribution in [3.63, 3.8) is 0 Å². The smallest absolute Gasteiger partial charge is 0.142 e. The van der Waals surface area contributed by atoms with Crippen molar-refractivity contribution in [2.75, 3.05) is 12.4 Å². The fraction of sp³-hybridized carbons (Fsp3) is 0.263. The Labute approximate surface area is 139 Å². The van der Waals surface area contributed by atoms with Gasteiger partial charge in [-0.15, -0.1) is 0 Å². The lowest BCUT2D eigenvalue weighted by Crippen LogP contribution is -2.30. The summed E-state index contributed by atoms with van der Waals surface area (Å²) in [6.45, 7) is 0. The molecule has 2 aromatic carbocycles. The van der Waals surface area contributed by atoms with E-state index in [2.05, 4.69) is 17.5 Å². The third-order valence-electron chi connectivity index (χ3n) is 4.89. The molecule has 4 heteroatoms. The van der Waals surface area contributed by atoms with Crippen LogP contribution in [0.2, 0.25) is 5.02 Å². The number of allylic oxidation sites excluding steroid dienone is 2. The molecule has 0 unspecified atom stereocenters. The van der Waals surface area contributed by atoms with E-state index in [1.165, 1.54) is 6.07 Å². The average molecular weight is 330 g/mol. The second kappa shape index (κ2) is 5.57. The lowest BCUT2D eigenvalue weighted by atomic mass is 9.76. The summed E-state index contributed by atoms with van der Waals surface area (Å²) in [5.41, 5.74) is 2.62. The fourth-order valence-corrected chi connectivity index (χ4v) is 4.13. The molecule has 0 saturated carbocycles. The third-order valence-corrected chi connectivity index (χ3v) is 5.22. The maximum absolute atomic E-state index is 14.4. The summed E-state index contributed by atoms with van der Waals surface area (Å²) >= 11 is 6.46. The average Bonchev–Trinajstić information content (AvgIpc) is 3.04. The molecule has 0 aromatic heterocycles. The number of ether oxygens (including phenoxy) is 1. The highest BCUT2D eigenvalue weighted by Gasteiger charge is 2.41. The van der Waals surface area contributed by atoms with Crippen LogP contribution in [0.25, 0.3) is 0 Å². The zero-order valence-electron chi connectivity index (χ0n) is 12.7. The van der Waals surface area contributed by atoms with Gasteiger partial charge in [0.1, 0.15) is 11.6 Å². The fourth-order valence-electron chi connectivity index (χ4n) is 3.84. The van der Waals surface area contributed by atoms with Crippen LogP contribution in [0.15, 0.2) is 48.6 Å². The van der Waals surface area contributed by atoms with E-state index >= 15 is 0 Å². The monoisotopic (exact) mass is 329 g/mol. The second-order valence-electron chi connectivity index (χ2n) is 6.04. The summed E-state index contributed by atoms with van der Waals surface area (Å²) in [5.74, 6) is 0.993. The molecule has 2 nitrogen and oxygen atoms in total. The lowest BCUT2D eigenvalue weighted by Gasteiger charge is -2.38. The van der Waals surface area contributed by atoms with Crippen molar-refractivity contribution < 1.29 is 9.13 Å². The van der Waals surface area contributed by atoms with Crippen LogP contribution in [-0.4, -0.2) is 7.11 Å². The molecule has 2 aliphatic rings. The van der Waals surface area contributed by atoms with E-state index in [9.17, 15) is 4.39 Å². The van der Waals surface area contributed by atoms with Gasteiger partial charge >= 0.3 is 0 Å². The number of hydrogen-bond donors (Lipinski definition) is 1. The van der Waals surface area contributed by atoms with Crippen LogP contribution >= 0.6 is 11.6 Å². The minimum Gasteiger partial charge on any atom is -0.495 e. The highest BCUT2D eigenvalue weighted by atomic mass is 35.5. The van der Waals surface area contributed by atoms with Crippen LogP contribution in [0.5, 0.6) is 5.75 Å². The molecule has 3 atom stereocenters. The largest absolute Gasteiger partial charge is 0.495 e. The van der Waals surface area contributed by atoms with Gasteiger partial charge in [-0.05, 0) is 30.5 Å². The minimum absolute atomic E-state index is 0.101. The van der Waals surface area contributed by atoms with Gasteiger partial charge in [0, 0.05) is 22.1 Å². The molecule has 0 amide bonds. The summed E-state index contributed by atoms with van der Waals surface area (Å²) in [4.78, 5) is 0. The Kier molecular flexibility index (Phi) is 3.53. The molecular formula is C19H17ClFNO. The molecule has 0 spiro atoms. The molecule has 0 bridgehead atoms. The van der Waals surface area contributed by atoms with Crippen LogP contribution in [0.1, 0.15) is 29.5 Å². The molecule has 1 aliphatic heterocycles. The zero-order chi connectivity index (χ0) is 16.0. The van der Waals surface area contributed by atoms with Crippen molar-refractivity contribution in [1.82, 2.24) is 0 Å². The number of benzene rings is 2. The Morgan fingerprint density at radius 2 is 2.04 bits per heavy atom. The molecule has 0 fully saturated rings. The Hall–Kier alpha value is -2.00. The van der Waals surface area contributed by atoms with Crippen LogP contribution in [0.4, 0.5) is 10.1 Å². The van der Waals surface area contributed by atoms with Crippen molar-refractivity contribution in [1.29, 1.82) is 0 Å². The summed E-state index contributed by atoms with van der Waals surface area (Å²) in [5, 5.41) is 4.22. The van der Waals surface area contributed by atoms with Gasteiger partial charge < -0.3 is 10.1 Å².